The Morgan fingerprint density at radius 3 is 2.28 bits per heavy atom. The van der Waals surface area contributed by atoms with Gasteiger partial charge in [0.1, 0.15) is 11.5 Å². The number of methoxy groups -OCH3 is 1. The summed E-state index contributed by atoms with van der Waals surface area (Å²) in [5.41, 5.74) is 1.07. The van der Waals surface area contributed by atoms with Crippen LogP contribution in [0.25, 0.3) is 0 Å². The van der Waals surface area contributed by atoms with E-state index in [1.807, 2.05) is 60.4 Å². The molecule has 1 aliphatic heterocycles. The van der Waals surface area contributed by atoms with E-state index in [0.29, 0.717) is 13.1 Å². The van der Waals surface area contributed by atoms with Crippen molar-refractivity contribution in [1.82, 2.24) is 4.90 Å². The van der Waals surface area contributed by atoms with Crippen LogP contribution in [-0.4, -0.2) is 50.2 Å². The van der Waals surface area contributed by atoms with Gasteiger partial charge in [0.05, 0.1) is 12.8 Å². The van der Waals surface area contributed by atoms with Crippen LogP contribution in [0.5, 0.6) is 11.5 Å². The lowest BCUT2D eigenvalue weighted by molar-refractivity contribution is -0.138. The fourth-order valence-electron chi connectivity index (χ4n) is 3.07. The fourth-order valence-corrected chi connectivity index (χ4v) is 3.07. The van der Waals surface area contributed by atoms with Crippen LogP contribution in [0.3, 0.4) is 0 Å². The predicted octanol–water partition coefficient (Wildman–Crippen LogP) is 2.81. The number of nitrogens with zero attached hydrogens (tertiary/aromatic N) is 2. The molecule has 25 heavy (non-hydrogen) atoms. The van der Waals surface area contributed by atoms with Gasteiger partial charge in [0, 0.05) is 26.2 Å². The summed E-state index contributed by atoms with van der Waals surface area (Å²) in [5.74, 6) is 1.61. The van der Waals surface area contributed by atoms with Crippen LogP contribution >= 0.6 is 0 Å². The molecular weight excluding hydrogens is 316 g/mol. The Labute approximate surface area is 148 Å². The Morgan fingerprint density at radius 1 is 0.960 bits per heavy atom. The van der Waals surface area contributed by atoms with E-state index >= 15 is 0 Å². The lowest BCUT2D eigenvalue weighted by Gasteiger charge is -2.37. The second-order valence-electron chi connectivity index (χ2n) is 6.06. The highest BCUT2D eigenvalue weighted by atomic mass is 16.5. The Hall–Kier alpha value is -2.69. The van der Waals surface area contributed by atoms with Crippen molar-refractivity contribution in [2.45, 2.75) is 13.0 Å². The maximum absolute atomic E-state index is 12.6. The van der Waals surface area contributed by atoms with Crippen molar-refractivity contribution in [1.29, 1.82) is 0 Å². The van der Waals surface area contributed by atoms with Crippen molar-refractivity contribution >= 4 is 11.6 Å². The maximum Gasteiger partial charge on any atom is 0.263 e. The van der Waals surface area contributed by atoms with Crippen molar-refractivity contribution in [3.8, 4) is 11.5 Å². The molecule has 5 nitrogen and oxygen atoms in total. The first-order chi connectivity index (χ1) is 12.2. The molecule has 132 valence electrons. The molecule has 1 unspecified atom stereocenters. The van der Waals surface area contributed by atoms with E-state index in [0.717, 1.165) is 30.3 Å². The largest absolute Gasteiger partial charge is 0.495 e. The number of rotatable bonds is 5. The number of carbonyl (C=O) groups is 1. The van der Waals surface area contributed by atoms with Crippen molar-refractivity contribution in [3.05, 3.63) is 54.6 Å². The molecule has 0 aliphatic carbocycles. The summed E-state index contributed by atoms with van der Waals surface area (Å²) in [4.78, 5) is 16.8. The van der Waals surface area contributed by atoms with E-state index < -0.39 is 6.10 Å². The van der Waals surface area contributed by atoms with Gasteiger partial charge >= 0.3 is 0 Å². The number of benzene rings is 2. The standard InChI is InChI=1S/C20H24N2O3/c1-16(25-17-8-4-3-5-9-17)20(23)22-14-12-21(13-15-22)18-10-6-7-11-19(18)24-2/h3-11,16H,12-15H2,1-2H3. The fraction of sp³-hybridized carbons (Fsp3) is 0.350. The van der Waals surface area contributed by atoms with E-state index in [1.54, 1.807) is 7.11 Å². The normalized spacial score (nSPS) is 15.6. The molecule has 0 saturated carbocycles. The summed E-state index contributed by atoms with van der Waals surface area (Å²) < 4.78 is 11.2. The van der Waals surface area contributed by atoms with Crippen LogP contribution in [0, 0.1) is 0 Å². The van der Waals surface area contributed by atoms with Crippen molar-refractivity contribution in [2.24, 2.45) is 0 Å². The molecule has 1 fully saturated rings. The molecule has 2 aromatic carbocycles. The van der Waals surface area contributed by atoms with E-state index in [1.165, 1.54) is 0 Å². The lowest BCUT2D eigenvalue weighted by atomic mass is 10.2. The van der Waals surface area contributed by atoms with E-state index in [4.69, 9.17) is 9.47 Å². The lowest BCUT2D eigenvalue weighted by Crippen LogP contribution is -2.52. The van der Waals surface area contributed by atoms with Crippen LogP contribution in [0.4, 0.5) is 5.69 Å². The average Bonchev–Trinajstić information content (AvgIpc) is 2.68. The first-order valence-electron chi connectivity index (χ1n) is 8.57. The molecule has 0 aromatic heterocycles. The number of para-hydroxylation sites is 3. The second-order valence-corrected chi connectivity index (χ2v) is 6.06. The summed E-state index contributed by atoms with van der Waals surface area (Å²) in [7, 11) is 1.68. The van der Waals surface area contributed by atoms with Crippen LogP contribution in [0.2, 0.25) is 0 Å². The van der Waals surface area contributed by atoms with Crippen molar-refractivity contribution in [3.63, 3.8) is 0 Å². The molecule has 0 N–H and O–H groups in total. The first kappa shape index (κ1) is 17.1. The van der Waals surface area contributed by atoms with E-state index in [-0.39, 0.29) is 5.91 Å². The van der Waals surface area contributed by atoms with E-state index in [9.17, 15) is 4.79 Å². The van der Waals surface area contributed by atoms with Crippen LogP contribution < -0.4 is 14.4 Å². The monoisotopic (exact) mass is 340 g/mol. The van der Waals surface area contributed by atoms with Gasteiger partial charge in [0.2, 0.25) is 0 Å². The van der Waals surface area contributed by atoms with Crippen LogP contribution in [0.1, 0.15) is 6.92 Å². The molecule has 1 saturated heterocycles. The topological polar surface area (TPSA) is 42.0 Å². The van der Waals surface area contributed by atoms with Gasteiger partial charge in [0.15, 0.2) is 6.10 Å². The Balaban J connectivity index is 1.57. The molecule has 1 atom stereocenters. The quantitative estimate of drug-likeness (QED) is 0.839. The number of carbonyl (C=O) groups excluding carboxylic acids is 1. The zero-order valence-electron chi connectivity index (χ0n) is 14.7. The third kappa shape index (κ3) is 4.05. The van der Waals surface area contributed by atoms with Gasteiger partial charge in [-0.1, -0.05) is 30.3 Å². The van der Waals surface area contributed by atoms with Gasteiger partial charge < -0.3 is 19.3 Å². The number of hydrogen-bond acceptors (Lipinski definition) is 4. The third-order valence-electron chi connectivity index (χ3n) is 4.42. The minimum Gasteiger partial charge on any atom is -0.495 e. The molecule has 0 bridgehead atoms. The number of amides is 1. The maximum atomic E-state index is 12.6. The average molecular weight is 340 g/mol. The van der Waals surface area contributed by atoms with Crippen molar-refractivity contribution in [2.75, 3.05) is 38.2 Å². The smallest absolute Gasteiger partial charge is 0.263 e. The highest BCUT2D eigenvalue weighted by Crippen LogP contribution is 2.28. The molecule has 0 spiro atoms. The Bertz CT molecular complexity index is 697. The first-order valence-corrected chi connectivity index (χ1v) is 8.57. The van der Waals surface area contributed by atoms with Gasteiger partial charge in [-0.15, -0.1) is 0 Å². The number of piperazine rings is 1. The Kier molecular flexibility index (Phi) is 5.43. The minimum absolute atomic E-state index is 0.0310. The van der Waals surface area contributed by atoms with Gasteiger partial charge in [-0.05, 0) is 31.2 Å². The number of ether oxygens (including phenoxy) is 2. The molecule has 1 aliphatic rings. The predicted molar refractivity (Wildman–Crippen MR) is 98.3 cm³/mol. The van der Waals surface area contributed by atoms with Gasteiger partial charge in [-0.25, -0.2) is 0 Å². The summed E-state index contributed by atoms with van der Waals surface area (Å²) >= 11 is 0. The highest BCUT2D eigenvalue weighted by Gasteiger charge is 2.26. The highest BCUT2D eigenvalue weighted by molar-refractivity contribution is 5.81. The SMILES string of the molecule is COc1ccccc1N1CCN(C(=O)C(C)Oc2ccccc2)CC1. The zero-order chi connectivity index (χ0) is 17.6. The molecule has 1 heterocycles. The van der Waals surface area contributed by atoms with E-state index in [2.05, 4.69) is 11.0 Å². The molecule has 2 aromatic rings. The molecule has 0 radical (unpaired) electrons. The summed E-state index contributed by atoms with van der Waals surface area (Å²) in [6.07, 6.45) is -0.486. The molecule has 3 rings (SSSR count). The Morgan fingerprint density at radius 2 is 1.60 bits per heavy atom. The van der Waals surface area contributed by atoms with Gasteiger partial charge in [0.25, 0.3) is 5.91 Å². The zero-order valence-corrected chi connectivity index (χ0v) is 14.7. The van der Waals surface area contributed by atoms with Crippen LogP contribution in [0.15, 0.2) is 54.6 Å². The van der Waals surface area contributed by atoms with Gasteiger partial charge in [-0.2, -0.15) is 0 Å². The number of anilines is 1. The molecule has 5 heteroatoms. The van der Waals surface area contributed by atoms with Gasteiger partial charge in [-0.3, -0.25) is 4.79 Å². The summed E-state index contributed by atoms with van der Waals surface area (Å²) in [6.45, 7) is 4.73. The van der Waals surface area contributed by atoms with Crippen molar-refractivity contribution < 1.29 is 14.3 Å². The summed E-state index contributed by atoms with van der Waals surface area (Å²) in [5, 5.41) is 0. The number of hydrogen-bond donors (Lipinski definition) is 0. The minimum atomic E-state index is -0.486. The third-order valence-corrected chi connectivity index (χ3v) is 4.42. The molecule has 1 amide bonds. The van der Waals surface area contributed by atoms with Crippen LogP contribution in [-0.2, 0) is 4.79 Å². The molecular formula is C20H24N2O3. The summed E-state index contributed by atoms with van der Waals surface area (Å²) in [6, 6.07) is 17.4. The second kappa shape index (κ2) is 7.92.